The van der Waals surface area contributed by atoms with Crippen LogP contribution in [0.2, 0.25) is 0 Å². The van der Waals surface area contributed by atoms with E-state index in [0.717, 1.165) is 17.0 Å². The number of carbonyl (C=O) groups excluding carboxylic acids is 1. The molecule has 0 saturated carbocycles. The third kappa shape index (κ3) is 3.74. The van der Waals surface area contributed by atoms with Gasteiger partial charge in [-0.3, -0.25) is 4.79 Å². The van der Waals surface area contributed by atoms with Crippen LogP contribution >= 0.6 is 0 Å². The zero-order chi connectivity index (χ0) is 12.8. The standard InChI is InChI=1S/C11H12F3NO2/c12-9-1-2-10(8(5-9)7-17)15(3-4-16)6-11(13)14/h1-2,5,7,11,16H,3-4,6H2. The third-order valence-corrected chi connectivity index (χ3v) is 2.19. The number of hydrogen-bond acceptors (Lipinski definition) is 3. The highest BCUT2D eigenvalue weighted by Crippen LogP contribution is 2.21. The van der Waals surface area contributed by atoms with Crippen LogP contribution in [0.25, 0.3) is 0 Å². The minimum absolute atomic E-state index is 0.0147. The molecule has 0 fully saturated rings. The second-order valence-corrected chi connectivity index (χ2v) is 3.38. The van der Waals surface area contributed by atoms with Gasteiger partial charge in [0.25, 0.3) is 6.43 Å². The van der Waals surface area contributed by atoms with E-state index in [4.69, 9.17) is 5.11 Å². The number of benzene rings is 1. The lowest BCUT2D eigenvalue weighted by Crippen LogP contribution is -2.32. The summed E-state index contributed by atoms with van der Waals surface area (Å²) in [6, 6.07) is 3.30. The summed E-state index contributed by atoms with van der Waals surface area (Å²) >= 11 is 0. The molecular formula is C11H12F3NO2. The largest absolute Gasteiger partial charge is 0.395 e. The van der Waals surface area contributed by atoms with Crippen LogP contribution in [0.15, 0.2) is 18.2 Å². The number of aliphatic hydroxyl groups excluding tert-OH is 1. The maximum atomic E-state index is 12.9. The predicted octanol–water partition coefficient (Wildman–Crippen LogP) is 1.70. The van der Waals surface area contributed by atoms with Crippen molar-refractivity contribution >= 4 is 12.0 Å². The molecule has 94 valence electrons. The van der Waals surface area contributed by atoms with Gasteiger partial charge in [-0.1, -0.05) is 0 Å². The fourth-order valence-corrected chi connectivity index (χ4v) is 1.51. The zero-order valence-corrected chi connectivity index (χ0v) is 8.94. The number of hydrogen-bond donors (Lipinski definition) is 1. The highest BCUT2D eigenvalue weighted by molar-refractivity contribution is 5.84. The highest BCUT2D eigenvalue weighted by Gasteiger charge is 2.15. The first-order valence-corrected chi connectivity index (χ1v) is 4.97. The molecule has 0 radical (unpaired) electrons. The van der Waals surface area contributed by atoms with E-state index in [-0.39, 0.29) is 24.4 Å². The van der Waals surface area contributed by atoms with Crippen LogP contribution in [-0.2, 0) is 0 Å². The second kappa shape index (κ2) is 6.24. The summed E-state index contributed by atoms with van der Waals surface area (Å²) in [6.07, 6.45) is -2.21. The number of nitrogens with zero attached hydrogens (tertiary/aromatic N) is 1. The Morgan fingerprint density at radius 1 is 1.41 bits per heavy atom. The smallest absolute Gasteiger partial charge is 0.255 e. The summed E-state index contributed by atoms with van der Waals surface area (Å²) in [7, 11) is 0. The Hall–Kier alpha value is -1.56. The van der Waals surface area contributed by atoms with E-state index in [1.54, 1.807) is 0 Å². The van der Waals surface area contributed by atoms with Crippen LogP contribution in [0.1, 0.15) is 10.4 Å². The monoisotopic (exact) mass is 247 g/mol. The van der Waals surface area contributed by atoms with Gasteiger partial charge in [0.05, 0.1) is 13.2 Å². The molecule has 0 aliphatic carbocycles. The van der Waals surface area contributed by atoms with Crippen molar-refractivity contribution in [3.8, 4) is 0 Å². The van der Waals surface area contributed by atoms with Crippen molar-refractivity contribution in [2.24, 2.45) is 0 Å². The lowest BCUT2D eigenvalue weighted by Gasteiger charge is -2.24. The first-order chi connectivity index (χ1) is 8.08. The quantitative estimate of drug-likeness (QED) is 0.778. The minimum Gasteiger partial charge on any atom is -0.395 e. The summed E-state index contributed by atoms with van der Waals surface area (Å²) in [5.74, 6) is -0.614. The molecule has 1 N–H and O–H groups in total. The number of anilines is 1. The van der Waals surface area contributed by atoms with Crippen molar-refractivity contribution in [2.75, 3.05) is 24.6 Å². The maximum Gasteiger partial charge on any atom is 0.255 e. The van der Waals surface area contributed by atoms with E-state index < -0.39 is 18.8 Å². The summed E-state index contributed by atoms with van der Waals surface area (Å²) in [6.45, 7) is -0.994. The lowest BCUT2D eigenvalue weighted by molar-refractivity contribution is 0.112. The molecule has 0 spiro atoms. The topological polar surface area (TPSA) is 40.5 Å². The summed E-state index contributed by atoms with van der Waals surface area (Å²) < 4.78 is 37.5. The van der Waals surface area contributed by atoms with E-state index in [1.807, 2.05) is 0 Å². The van der Waals surface area contributed by atoms with Crippen molar-refractivity contribution in [1.82, 2.24) is 0 Å². The Balaban J connectivity index is 3.03. The molecule has 0 aromatic heterocycles. The van der Waals surface area contributed by atoms with Gasteiger partial charge in [-0.25, -0.2) is 13.2 Å². The van der Waals surface area contributed by atoms with E-state index in [0.29, 0.717) is 6.29 Å². The summed E-state index contributed by atoms with van der Waals surface area (Å²) in [4.78, 5) is 11.9. The minimum atomic E-state index is -2.61. The van der Waals surface area contributed by atoms with Gasteiger partial charge < -0.3 is 10.0 Å². The Morgan fingerprint density at radius 2 is 2.12 bits per heavy atom. The highest BCUT2D eigenvalue weighted by atomic mass is 19.3. The Morgan fingerprint density at radius 3 is 2.65 bits per heavy atom. The van der Waals surface area contributed by atoms with E-state index >= 15 is 0 Å². The zero-order valence-electron chi connectivity index (χ0n) is 8.94. The van der Waals surface area contributed by atoms with Crippen LogP contribution in [0, 0.1) is 5.82 Å². The number of carbonyl (C=O) groups is 1. The maximum absolute atomic E-state index is 12.9. The molecule has 0 aliphatic heterocycles. The van der Waals surface area contributed by atoms with E-state index in [1.165, 1.54) is 6.07 Å². The Kier molecular flexibility index (Phi) is 4.96. The number of halogens is 3. The van der Waals surface area contributed by atoms with Gasteiger partial charge in [0, 0.05) is 17.8 Å². The predicted molar refractivity (Wildman–Crippen MR) is 57.1 cm³/mol. The van der Waals surface area contributed by atoms with Crippen LogP contribution in [0.4, 0.5) is 18.9 Å². The third-order valence-electron chi connectivity index (χ3n) is 2.19. The molecule has 3 nitrogen and oxygen atoms in total. The van der Waals surface area contributed by atoms with Gasteiger partial charge in [0.1, 0.15) is 5.82 Å². The van der Waals surface area contributed by atoms with Gasteiger partial charge in [0.2, 0.25) is 0 Å². The SMILES string of the molecule is O=Cc1cc(F)ccc1N(CCO)CC(F)F. The number of rotatable bonds is 6. The molecule has 1 aromatic carbocycles. The second-order valence-electron chi connectivity index (χ2n) is 3.38. The molecule has 0 bridgehead atoms. The van der Waals surface area contributed by atoms with Gasteiger partial charge >= 0.3 is 0 Å². The summed E-state index contributed by atoms with van der Waals surface area (Å²) in [5.41, 5.74) is 0.176. The molecule has 1 rings (SSSR count). The van der Waals surface area contributed by atoms with Crippen LogP contribution < -0.4 is 4.90 Å². The van der Waals surface area contributed by atoms with Crippen molar-refractivity contribution < 1.29 is 23.1 Å². The first-order valence-electron chi connectivity index (χ1n) is 4.97. The number of aliphatic hydroxyl groups is 1. The summed E-state index contributed by atoms with van der Waals surface area (Å²) in [5, 5.41) is 8.78. The van der Waals surface area contributed by atoms with Gasteiger partial charge in [0.15, 0.2) is 6.29 Å². The average Bonchev–Trinajstić information content (AvgIpc) is 2.27. The number of alkyl halides is 2. The molecular weight excluding hydrogens is 235 g/mol. The molecule has 0 aliphatic rings. The average molecular weight is 247 g/mol. The van der Waals surface area contributed by atoms with Crippen molar-refractivity contribution in [3.05, 3.63) is 29.6 Å². The van der Waals surface area contributed by atoms with Gasteiger partial charge in [-0.05, 0) is 18.2 Å². The van der Waals surface area contributed by atoms with Crippen LogP contribution in [0.3, 0.4) is 0 Å². The van der Waals surface area contributed by atoms with E-state index in [2.05, 4.69) is 0 Å². The Bertz CT molecular complexity index is 385. The van der Waals surface area contributed by atoms with Gasteiger partial charge in [-0.15, -0.1) is 0 Å². The van der Waals surface area contributed by atoms with Crippen LogP contribution in [0.5, 0.6) is 0 Å². The molecule has 17 heavy (non-hydrogen) atoms. The van der Waals surface area contributed by atoms with Crippen molar-refractivity contribution in [1.29, 1.82) is 0 Å². The molecule has 0 atom stereocenters. The lowest BCUT2D eigenvalue weighted by atomic mass is 10.1. The number of aldehydes is 1. The normalized spacial score (nSPS) is 10.6. The fraction of sp³-hybridized carbons (Fsp3) is 0.364. The first kappa shape index (κ1) is 13.5. The van der Waals surface area contributed by atoms with Crippen molar-refractivity contribution in [3.63, 3.8) is 0 Å². The molecule has 0 amide bonds. The molecule has 6 heteroatoms. The molecule has 1 aromatic rings. The molecule has 0 unspecified atom stereocenters. The van der Waals surface area contributed by atoms with Crippen molar-refractivity contribution in [2.45, 2.75) is 6.43 Å². The van der Waals surface area contributed by atoms with E-state index in [9.17, 15) is 18.0 Å². The van der Waals surface area contributed by atoms with Gasteiger partial charge in [-0.2, -0.15) is 0 Å². The molecule has 0 saturated heterocycles. The van der Waals surface area contributed by atoms with Crippen LogP contribution in [-0.4, -0.2) is 37.5 Å². The Labute approximate surface area is 96.5 Å². The molecule has 0 heterocycles. The fourth-order valence-electron chi connectivity index (χ4n) is 1.51.